The third-order valence-corrected chi connectivity index (χ3v) is 2.52. The average molecular weight is 186 g/mol. The van der Waals surface area contributed by atoms with Gasteiger partial charge in [-0.25, -0.2) is 0 Å². The molecule has 3 N–H and O–H groups in total. The summed E-state index contributed by atoms with van der Waals surface area (Å²) in [6, 6.07) is -0.693. The fraction of sp³-hybridized carbons (Fsp3) is 0.889. The number of nitrogens with two attached hydrogens (primary N) is 1. The van der Waals surface area contributed by atoms with Gasteiger partial charge in [0.2, 0.25) is 0 Å². The minimum absolute atomic E-state index is 0.565. The molecular weight excluding hydrogens is 168 g/mol. The van der Waals surface area contributed by atoms with Gasteiger partial charge in [0.25, 0.3) is 0 Å². The van der Waals surface area contributed by atoms with Crippen LogP contribution in [0.2, 0.25) is 0 Å². The van der Waals surface area contributed by atoms with Gasteiger partial charge >= 0.3 is 5.97 Å². The Morgan fingerprint density at radius 3 is 2.54 bits per heavy atom. The van der Waals surface area contributed by atoms with E-state index < -0.39 is 12.0 Å². The highest BCUT2D eigenvalue weighted by Gasteiger charge is 2.15. The molecule has 1 heterocycles. The zero-order chi connectivity index (χ0) is 9.68. The van der Waals surface area contributed by atoms with Crippen LogP contribution in [0.25, 0.3) is 0 Å². The second-order valence-corrected chi connectivity index (χ2v) is 3.64. The van der Waals surface area contributed by atoms with Gasteiger partial charge < -0.3 is 15.7 Å². The molecule has 0 aromatic heterocycles. The Morgan fingerprint density at radius 2 is 2.00 bits per heavy atom. The van der Waals surface area contributed by atoms with E-state index in [1.165, 1.54) is 19.3 Å². The predicted octanol–water partition coefficient (Wildman–Crippen LogP) is 0.274. The minimum atomic E-state index is -0.892. The molecule has 0 saturated carbocycles. The smallest absolute Gasteiger partial charge is 0.320 e. The van der Waals surface area contributed by atoms with Gasteiger partial charge in [0.15, 0.2) is 0 Å². The van der Waals surface area contributed by atoms with Crippen molar-refractivity contribution in [3.05, 3.63) is 0 Å². The molecule has 1 atom stereocenters. The Labute approximate surface area is 78.7 Å². The van der Waals surface area contributed by atoms with Gasteiger partial charge in [-0.1, -0.05) is 6.42 Å². The van der Waals surface area contributed by atoms with E-state index in [1.54, 1.807) is 0 Å². The topological polar surface area (TPSA) is 66.6 Å². The van der Waals surface area contributed by atoms with Crippen LogP contribution in [0.5, 0.6) is 0 Å². The van der Waals surface area contributed by atoms with E-state index in [4.69, 9.17) is 10.8 Å². The van der Waals surface area contributed by atoms with Gasteiger partial charge in [-0.2, -0.15) is 0 Å². The van der Waals surface area contributed by atoms with Crippen molar-refractivity contribution in [3.63, 3.8) is 0 Å². The van der Waals surface area contributed by atoms with Gasteiger partial charge in [0.05, 0.1) is 0 Å². The molecule has 1 rings (SSSR count). The van der Waals surface area contributed by atoms with Gasteiger partial charge in [-0.05, 0) is 32.4 Å². The highest BCUT2D eigenvalue weighted by atomic mass is 16.4. The van der Waals surface area contributed by atoms with Crippen LogP contribution in [0.15, 0.2) is 0 Å². The molecule has 0 radical (unpaired) electrons. The van der Waals surface area contributed by atoms with Crippen molar-refractivity contribution in [2.45, 2.75) is 31.7 Å². The molecule has 0 spiro atoms. The van der Waals surface area contributed by atoms with Gasteiger partial charge in [-0.15, -0.1) is 0 Å². The first-order chi connectivity index (χ1) is 6.20. The number of carboxylic acid groups (broad SMARTS) is 1. The van der Waals surface area contributed by atoms with Crippen molar-refractivity contribution in [2.24, 2.45) is 5.73 Å². The van der Waals surface area contributed by atoms with Crippen LogP contribution in [0, 0.1) is 0 Å². The molecule has 1 saturated heterocycles. The Bertz CT molecular complexity index is 167. The van der Waals surface area contributed by atoms with E-state index >= 15 is 0 Å². The largest absolute Gasteiger partial charge is 0.480 e. The Kier molecular flexibility index (Phi) is 4.18. The quantitative estimate of drug-likeness (QED) is 0.661. The van der Waals surface area contributed by atoms with Crippen LogP contribution < -0.4 is 5.73 Å². The van der Waals surface area contributed by atoms with E-state index in [2.05, 4.69) is 4.90 Å². The summed E-state index contributed by atoms with van der Waals surface area (Å²) in [6.45, 7) is 3.03. The van der Waals surface area contributed by atoms with Gasteiger partial charge in [0, 0.05) is 6.54 Å². The summed E-state index contributed by atoms with van der Waals surface area (Å²) >= 11 is 0. The molecule has 4 heteroatoms. The maximum absolute atomic E-state index is 10.4. The first-order valence-electron chi connectivity index (χ1n) is 4.91. The van der Waals surface area contributed by atoms with Crippen molar-refractivity contribution in [2.75, 3.05) is 19.6 Å². The molecule has 76 valence electrons. The van der Waals surface area contributed by atoms with Gasteiger partial charge in [-0.3, -0.25) is 4.79 Å². The van der Waals surface area contributed by atoms with Gasteiger partial charge in [0.1, 0.15) is 6.04 Å². The number of piperidine rings is 1. The summed E-state index contributed by atoms with van der Waals surface area (Å²) in [5.74, 6) is -0.892. The van der Waals surface area contributed by atoms with E-state index in [9.17, 15) is 4.79 Å². The third kappa shape index (κ3) is 3.74. The van der Waals surface area contributed by atoms with E-state index in [1.807, 2.05) is 0 Å². The van der Waals surface area contributed by atoms with Crippen LogP contribution in [0.3, 0.4) is 0 Å². The molecular formula is C9H18N2O2. The molecule has 0 aromatic carbocycles. The van der Waals surface area contributed by atoms with Crippen LogP contribution in [0.4, 0.5) is 0 Å². The Hall–Kier alpha value is -0.610. The monoisotopic (exact) mass is 186 g/mol. The van der Waals surface area contributed by atoms with E-state index in [0.717, 1.165) is 19.6 Å². The maximum Gasteiger partial charge on any atom is 0.320 e. The van der Waals surface area contributed by atoms with Crippen molar-refractivity contribution < 1.29 is 9.90 Å². The second-order valence-electron chi connectivity index (χ2n) is 3.64. The number of nitrogens with zero attached hydrogens (tertiary/aromatic N) is 1. The summed E-state index contributed by atoms with van der Waals surface area (Å²) in [5, 5.41) is 8.57. The number of carbonyl (C=O) groups is 1. The zero-order valence-corrected chi connectivity index (χ0v) is 7.91. The normalized spacial score (nSPS) is 21.3. The summed E-state index contributed by atoms with van der Waals surface area (Å²) in [5.41, 5.74) is 5.41. The first-order valence-corrected chi connectivity index (χ1v) is 4.91. The van der Waals surface area contributed by atoms with Crippen molar-refractivity contribution in [1.82, 2.24) is 4.90 Å². The number of likely N-dealkylation sites (tertiary alicyclic amines) is 1. The lowest BCUT2D eigenvalue weighted by Gasteiger charge is -2.26. The fourth-order valence-electron chi connectivity index (χ4n) is 1.63. The number of rotatable bonds is 4. The standard InChI is InChI=1S/C9H18N2O2/c10-8(9(12)13)4-7-11-5-2-1-3-6-11/h8H,1-7,10H2,(H,12,13). The van der Waals surface area contributed by atoms with Crippen LogP contribution in [-0.2, 0) is 4.79 Å². The minimum Gasteiger partial charge on any atom is -0.480 e. The lowest BCUT2D eigenvalue weighted by molar-refractivity contribution is -0.138. The van der Waals surface area contributed by atoms with Crippen LogP contribution in [0.1, 0.15) is 25.7 Å². The molecule has 1 aliphatic rings. The predicted molar refractivity (Wildman–Crippen MR) is 50.5 cm³/mol. The zero-order valence-electron chi connectivity index (χ0n) is 7.91. The van der Waals surface area contributed by atoms with E-state index in [0.29, 0.717) is 6.42 Å². The van der Waals surface area contributed by atoms with Crippen molar-refractivity contribution in [3.8, 4) is 0 Å². The average Bonchev–Trinajstić information content (AvgIpc) is 2.15. The highest BCUT2D eigenvalue weighted by molar-refractivity contribution is 5.72. The molecule has 1 unspecified atom stereocenters. The molecule has 0 amide bonds. The Morgan fingerprint density at radius 1 is 1.38 bits per heavy atom. The maximum atomic E-state index is 10.4. The molecule has 1 aliphatic heterocycles. The fourth-order valence-corrected chi connectivity index (χ4v) is 1.63. The first kappa shape index (κ1) is 10.5. The van der Waals surface area contributed by atoms with Crippen LogP contribution in [-0.4, -0.2) is 41.7 Å². The SMILES string of the molecule is NC(CCN1CCCCC1)C(=O)O. The second kappa shape index (κ2) is 5.19. The lowest BCUT2D eigenvalue weighted by Crippen LogP contribution is -2.37. The molecule has 0 bridgehead atoms. The molecule has 4 nitrogen and oxygen atoms in total. The summed E-state index contributed by atoms with van der Waals surface area (Å²) in [7, 11) is 0. The summed E-state index contributed by atoms with van der Waals surface area (Å²) < 4.78 is 0. The number of hydrogen-bond donors (Lipinski definition) is 2. The number of carboxylic acids is 1. The van der Waals surface area contributed by atoms with Crippen LogP contribution >= 0.6 is 0 Å². The number of aliphatic carboxylic acids is 1. The van der Waals surface area contributed by atoms with Crippen molar-refractivity contribution in [1.29, 1.82) is 0 Å². The molecule has 13 heavy (non-hydrogen) atoms. The highest BCUT2D eigenvalue weighted by Crippen LogP contribution is 2.08. The lowest BCUT2D eigenvalue weighted by atomic mass is 10.1. The molecule has 1 fully saturated rings. The van der Waals surface area contributed by atoms with Crippen molar-refractivity contribution >= 4 is 5.97 Å². The summed E-state index contributed by atoms with van der Waals surface area (Å²) in [4.78, 5) is 12.7. The van der Waals surface area contributed by atoms with E-state index in [-0.39, 0.29) is 0 Å². The molecule has 0 aliphatic carbocycles. The summed E-state index contributed by atoms with van der Waals surface area (Å²) in [6.07, 6.45) is 4.35. The Balaban J connectivity index is 2.13. The third-order valence-electron chi connectivity index (χ3n) is 2.52. The molecule has 0 aromatic rings. The number of hydrogen-bond acceptors (Lipinski definition) is 3.